The second-order valence-electron chi connectivity index (χ2n) is 6.56. The molecule has 6 nitrogen and oxygen atoms in total. The molecule has 1 aliphatic carbocycles. The topological polar surface area (TPSA) is 77.2 Å². The summed E-state index contributed by atoms with van der Waals surface area (Å²) in [4.78, 5) is 12.4. The molecule has 0 unspecified atom stereocenters. The first-order chi connectivity index (χ1) is 12.7. The van der Waals surface area contributed by atoms with Gasteiger partial charge in [-0.05, 0) is 44.0 Å². The summed E-state index contributed by atoms with van der Waals surface area (Å²) in [5, 5.41) is 11.4. The van der Waals surface area contributed by atoms with Crippen molar-refractivity contribution in [2.75, 3.05) is 7.11 Å². The molecule has 140 valence electrons. The standard InChI is InChI=1S/C19H25N3O3S/c1-13(17(23)20-15-7-5-3-4-6-8-15)26-19-22-21-18(25-19)14-9-11-16(24-2)12-10-14/h9-13,15H,3-8H2,1-2H3,(H,20,23)/t13-/m0/s1. The summed E-state index contributed by atoms with van der Waals surface area (Å²) in [6.45, 7) is 1.87. The fraction of sp³-hybridized carbons (Fsp3) is 0.526. The molecule has 1 saturated carbocycles. The van der Waals surface area contributed by atoms with E-state index < -0.39 is 0 Å². The van der Waals surface area contributed by atoms with E-state index in [1.807, 2.05) is 31.2 Å². The SMILES string of the molecule is COc1ccc(-c2nnc(S[C@@H](C)C(=O)NC3CCCCCC3)o2)cc1. The fourth-order valence-corrected chi connectivity index (χ4v) is 3.75. The van der Waals surface area contributed by atoms with E-state index in [1.165, 1.54) is 37.4 Å². The van der Waals surface area contributed by atoms with Gasteiger partial charge < -0.3 is 14.5 Å². The Morgan fingerprint density at radius 2 is 1.88 bits per heavy atom. The molecule has 1 aromatic carbocycles. The first-order valence-electron chi connectivity index (χ1n) is 9.10. The zero-order valence-electron chi connectivity index (χ0n) is 15.2. The lowest BCUT2D eigenvalue weighted by molar-refractivity contribution is -0.121. The third kappa shape index (κ3) is 5.00. The molecule has 1 N–H and O–H groups in total. The predicted octanol–water partition coefficient (Wildman–Crippen LogP) is 4.06. The van der Waals surface area contributed by atoms with Crippen LogP contribution in [0.3, 0.4) is 0 Å². The molecule has 2 aromatic rings. The quantitative estimate of drug-likeness (QED) is 0.606. The van der Waals surface area contributed by atoms with Gasteiger partial charge in [-0.25, -0.2) is 0 Å². The molecular weight excluding hydrogens is 350 g/mol. The van der Waals surface area contributed by atoms with Gasteiger partial charge in [-0.1, -0.05) is 37.4 Å². The maximum absolute atomic E-state index is 12.4. The van der Waals surface area contributed by atoms with Crippen LogP contribution < -0.4 is 10.1 Å². The smallest absolute Gasteiger partial charge is 0.277 e. The van der Waals surface area contributed by atoms with Crippen LogP contribution in [-0.2, 0) is 4.79 Å². The lowest BCUT2D eigenvalue weighted by Crippen LogP contribution is -2.39. The molecule has 0 aliphatic heterocycles. The molecule has 3 rings (SSSR count). The molecule has 1 fully saturated rings. The largest absolute Gasteiger partial charge is 0.497 e. The minimum Gasteiger partial charge on any atom is -0.497 e. The highest BCUT2D eigenvalue weighted by Crippen LogP contribution is 2.27. The minimum absolute atomic E-state index is 0.0334. The zero-order valence-corrected chi connectivity index (χ0v) is 16.1. The second kappa shape index (κ2) is 9.07. The average molecular weight is 375 g/mol. The van der Waals surface area contributed by atoms with Crippen molar-refractivity contribution in [1.29, 1.82) is 0 Å². The molecule has 1 aliphatic rings. The number of amides is 1. The summed E-state index contributed by atoms with van der Waals surface area (Å²) in [7, 11) is 1.62. The summed E-state index contributed by atoms with van der Waals surface area (Å²) < 4.78 is 10.8. The number of aromatic nitrogens is 2. The minimum atomic E-state index is -0.276. The van der Waals surface area contributed by atoms with Crippen LogP contribution >= 0.6 is 11.8 Å². The summed E-state index contributed by atoms with van der Waals surface area (Å²) in [6.07, 6.45) is 7.08. The van der Waals surface area contributed by atoms with Crippen LogP contribution in [-0.4, -0.2) is 34.5 Å². The van der Waals surface area contributed by atoms with E-state index in [1.54, 1.807) is 7.11 Å². The highest BCUT2D eigenvalue weighted by Gasteiger charge is 2.22. The molecule has 1 atom stereocenters. The number of carbonyl (C=O) groups is 1. The number of hydrogen-bond donors (Lipinski definition) is 1. The Kier molecular flexibility index (Phi) is 6.55. The van der Waals surface area contributed by atoms with Gasteiger partial charge in [0.15, 0.2) is 0 Å². The molecule has 1 amide bonds. The fourth-order valence-electron chi connectivity index (χ4n) is 3.05. The molecule has 7 heteroatoms. The number of benzene rings is 1. The third-order valence-corrected chi connectivity index (χ3v) is 5.53. The lowest BCUT2D eigenvalue weighted by Gasteiger charge is -2.18. The van der Waals surface area contributed by atoms with Crippen LogP contribution in [0.15, 0.2) is 33.9 Å². The number of rotatable bonds is 6. The number of nitrogens with zero attached hydrogens (tertiary/aromatic N) is 2. The van der Waals surface area contributed by atoms with E-state index >= 15 is 0 Å². The van der Waals surface area contributed by atoms with Crippen LogP contribution in [0.2, 0.25) is 0 Å². The van der Waals surface area contributed by atoms with Crippen molar-refractivity contribution >= 4 is 17.7 Å². The number of carbonyl (C=O) groups excluding carboxylic acids is 1. The lowest BCUT2D eigenvalue weighted by atomic mass is 10.1. The Balaban J connectivity index is 1.56. The Labute approximate surface area is 158 Å². The van der Waals surface area contributed by atoms with Crippen molar-refractivity contribution in [3.8, 4) is 17.2 Å². The Bertz CT molecular complexity index is 709. The number of thioether (sulfide) groups is 1. The van der Waals surface area contributed by atoms with Gasteiger partial charge in [0.05, 0.1) is 12.4 Å². The Morgan fingerprint density at radius 1 is 1.19 bits per heavy atom. The normalized spacial score (nSPS) is 16.7. The maximum Gasteiger partial charge on any atom is 0.277 e. The third-order valence-electron chi connectivity index (χ3n) is 4.59. The van der Waals surface area contributed by atoms with E-state index in [0.29, 0.717) is 17.2 Å². The van der Waals surface area contributed by atoms with Crippen LogP contribution in [0.1, 0.15) is 45.4 Å². The van der Waals surface area contributed by atoms with Gasteiger partial charge >= 0.3 is 0 Å². The molecule has 1 aromatic heterocycles. The average Bonchev–Trinajstić information content (AvgIpc) is 2.97. The Hall–Kier alpha value is -2.02. The van der Waals surface area contributed by atoms with E-state index in [2.05, 4.69) is 15.5 Å². The highest BCUT2D eigenvalue weighted by atomic mass is 32.2. The summed E-state index contributed by atoms with van der Waals surface area (Å²) in [5.41, 5.74) is 0.820. The molecule has 0 bridgehead atoms. The van der Waals surface area contributed by atoms with Crippen molar-refractivity contribution < 1.29 is 13.9 Å². The van der Waals surface area contributed by atoms with Crippen LogP contribution in [0, 0.1) is 0 Å². The van der Waals surface area contributed by atoms with E-state index in [9.17, 15) is 4.79 Å². The molecule has 0 spiro atoms. The maximum atomic E-state index is 12.4. The van der Waals surface area contributed by atoms with Gasteiger partial charge in [0.1, 0.15) is 5.75 Å². The van der Waals surface area contributed by atoms with E-state index in [4.69, 9.17) is 9.15 Å². The first-order valence-corrected chi connectivity index (χ1v) is 9.98. The van der Waals surface area contributed by atoms with Crippen molar-refractivity contribution in [2.24, 2.45) is 0 Å². The molecule has 1 heterocycles. The molecule has 0 saturated heterocycles. The van der Waals surface area contributed by atoms with E-state index in [-0.39, 0.29) is 11.2 Å². The van der Waals surface area contributed by atoms with Crippen molar-refractivity contribution in [1.82, 2.24) is 15.5 Å². The predicted molar refractivity (Wildman–Crippen MR) is 101 cm³/mol. The van der Waals surface area contributed by atoms with Gasteiger partial charge in [0.25, 0.3) is 5.22 Å². The second-order valence-corrected chi connectivity index (χ2v) is 7.85. The molecule has 0 radical (unpaired) electrons. The van der Waals surface area contributed by atoms with Crippen molar-refractivity contribution in [2.45, 2.75) is 62.0 Å². The number of hydrogen-bond acceptors (Lipinski definition) is 6. The van der Waals surface area contributed by atoms with Gasteiger partial charge in [-0.15, -0.1) is 10.2 Å². The van der Waals surface area contributed by atoms with Crippen molar-refractivity contribution in [3.05, 3.63) is 24.3 Å². The van der Waals surface area contributed by atoms with E-state index in [0.717, 1.165) is 24.2 Å². The van der Waals surface area contributed by atoms with Crippen LogP contribution in [0.25, 0.3) is 11.5 Å². The van der Waals surface area contributed by atoms with Gasteiger partial charge in [-0.3, -0.25) is 4.79 Å². The van der Waals surface area contributed by atoms with Gasteiger partial charge in [0, 0.05) is 11.6 Å². The highest BCUT2D eigenvalue weighted by molar-refractivity contribution is 8.00. The van der Waals surface area contributed by atoms with Gasteiger partial charge in [0.2, 0.25) is 11.8 Å². The van der Waals surface area contributed by atoms with Crippen LogP contribution in [0.5, 0.6) is 5.75 Å². The number of nitrogens with one attached hydrogen (secondary N) is 1. The molecule has 26 heavy (non-hydrogen) atoms. The van der Waals surface area contributed by atoms with Crippen molar-refractivity contribution in [3.63, 3.8) is 0 Å². The number of ether oxygens (including phenoxy) is 1. The van der Waals surface area contributed by atoms with Gasteiger partial charge in [-0.2, -0.15) is 0 Å². The molecular formula is C19H25N3O3S. The summed E-state index contributed by atoms with van der Waals surface area (Å²) >= 11 is 1.29. The zero-order chi connectivity index (χ0) is 18.4. The summed E-state index contributed by atoms with van der Waals surface area (Å²) in [6, 6.07) is 7.71. The Morgan fingerprint density at radius 3 is 2.54 bits per heavy atom. The van der Waals surface area contributed by atoms with Crippen LogP contribution in [0.4, 0.5) is 0 Å². The first kappa shape index (κ1) is 18.8. The number of methoxy groups -OCH3 is 1. The summed E-state index contributed by atoms with van der Waals surface area (Å²) in [5.74, 6) is 1.24. The monoisotopic (exact) mass is 375 g/mol.